The molecule has 1 heteroatoms. The number of ether oxygens (including phenoxy) is 1. The van der Waals surface area contributed by atoms with Crippen molar-refractivity contribution in [3.05, 3.63) is 35.4 Å². The van der Waals surface area contributed by atoms with Gasteiger partial charge in [0.05, 0.1) is 13.2 Å². The Morgan fingerprint density at radius 1 is 1.21 bits per heavy atom. The topological polar surface area (TPSA) is 9.23 Å². The first kappa shape index (κ1) is 11.3. The molecule has 2 rings (SSSR count). The molecule has 1 aromatic rings. The molecule has 0 unspecified atom stereocenters. The molecular weight excluding hydrogens is 172 g/mol. The Morgan fingerprint density at radius 2 is 1.86 bits per heavy atom. The smallest absolute Gasteiger partial charge is 0.0582 e. The molecule has 78 valence electrons. The molecule has 0 aliphatic carbocycles. The molecule has 0 atom stereocenters. The number of hydrogen-bond acceptors (Lipinski definition) is 1. The Balaban J connectivity index is 0.000000461. The van der Waals surface area contributed by atoms with Crippen molar-refractivity contribution in [2.24, 2.45) is 0 Å². The lowest BCUT2D eigenvalue weighted by atomic mass is 9.80. The summed E-state index contributed by atoms with van der Waals surface area (Å²) < 4.78 is 5.23. The second kappa shape index (κ2) is 4.61. The van der Waals surface area contributed by atoms with Crippen LogP contribution in [0.25, 0.3) is 0 Å². The molecule has 1 aromatic carbocycles. The van der Waals surface area contributed by atoms with Crippen LogP contribution in [-0.4, -0.2) is 13.2 Å². The summed E-state index contributed by atoms with van der Waals surface area (Å²) in [7, 11) is 0. The molecule has 1 nitrogen and oxygen atoms in total. The van der Waals surface area contributed by atoms with Crippen molar-refractivity contribution in [3.8, 4) is 0 Å². The summed E-state index contributed by atoms with van der Waals surface area (Å²) in [6.07, 6.45) is 0. The largest absolute Gasteiger partial charge is 0.379 e. The van der Waals surface area contributed by atoms with Crippen molar-refractivity contribution in [3.63, 3.8) is 0 Å². The van der Waals surface area contributed by atoms with E-state index >= 15 is 0 Å². The van der Waals surface area contributed by atoms with Crippen molar-refractivity contribution in [1.29, 1.82) is 0 Å². The van der Waals surface area contributed by atoms with E-state index in [4.69, 9.17) is 4.74 Å². The van der Waals surface area contributed by atoms with Crippen molar-refractivity contribution < 1.29 is 4.74 Å². The molecular formula is C13H20O. The van der Waals surface area contributed by atoms with E-state index in [1.807, 2.05) is 13.8 Å². The number of rotatable bonds is 1. The third-order valence-electron chi connectivity index (χ3n) is 2.56. The van der Waals surface area contributed by atoms with Crippen LogP contribution in [0.3, 0.4) is 0 Å². The predicted octanol–water partition coefficient (Wildman–Crippen LogP) is 3.31. The van der Waals surface area contributed by atoms with Crippen LogP contribution in [0.4, 0.5) is 0 Å². The van der Waals surface area contributed by atoms with Crippen LogP contribution in [0.2, 0.25) is 0 Å². The Kier molecular flexibility index (Phi) is 3.70. The average molecular weight is 192 g/mol. The molecule has 14 heavy (non-hydrogen) atoms. The fraction of sp³-hybridized carbons (Fsp3) is 0.538. The minimum atomic E-state index is 0.284. The fourth-order valence-corrected chi connectivity index (χ4v) is 1.60. The Labute approximate surface area is 87.1 Å². The lowest BCUT2D eigenvalue weighted by Crippen LogP contribution is -2.43. The Hall–Kier alpha value is -0.820. The SMILES string of the molecule is CC.Cc1cccc(C2(C)COC2)c1. The molecule has 0 spiro atoms. The van der Waals surface area contributed by atoms with Crippen LogP contribution in [0.5, 0.6) is 0 Å². The normalized spacial score (nSPS) is 17.7. The van der Waals surface area contributed by atoms with Gasteiger partial charge in [-0.25, -0.2) is 0 Å². The maximum absolute atomic E-state index is 5.23. The molecule has 0 amide bonds. The molecule has 1 aliphatic heterocycles. The highest BCUT2D eigenvalue weighted by Crippen LogP contribution is 2.31. The zero-order chi connectivity index (χ0) is 10.6. The molecule has 1 heterocycles. The van der Waals surface area contributed by atoms with Crippen molar-refractivity contribution in [2.45, 2.75) is 33.1 Å². The van der Waals surface area contributed by atoms with E-state index in [1.54, 1.807) is 0 Å². The van der Waals surface area contributed by atoms with Crippen LogP contribution >= 0.6 is 0 Å². The van der Waals surface area contributed by atoms with Gasteiger partial charge in [-0.15, -0.1) is 0 Å². The summed E-state index contributed by atoms with van der Waals surface area (Å²) in [5.41, 5.74) is 3.03. The van der Waals surface area contributed by atoms with Gasteiger partial charge in [-0.1, -0.05) is 50.6 Å². The van der Waals surface area contributed by atoms with Crippen molar-refractivity contribution in [2.75, 3.05) is 13.2 Å². The number of hydrogen-bond donors (Lipinski definition) is 0. The zero-order valence-electron chi connectivity index (χ0n) is 9.63. The highest BCUT2D eigenvalue weighted by molar-refractivity contribution is 5.30. The number of aryl methyl sites for hydroxylation is 1. The van der Waals surface area contributed by atoms with Gasteiger partial charge in [-0.05, 0) is 12.5 Å². The summed E-state index contributed by atoms with van der Waals surface area (Å²) in [6.45, 7) is 10.1. The molecule has 1 saturated heterocycles. The summed E-state index contributed by atoms with van der Waals surface area (Å²) in [5, 5.41) is 0. The Morgan fingerprint density at radius 3 is 2.29 bits per heavy atom. The van der Waals surface area contributed by atoms with E-state index in [0.29, 0.717) is 0 Å². The quantitative estimate of drug-likeness (QED) is 0.663. The average Bonchev–Trinajstić information content (AvgIpc) is 2.17. The first-order valence-corrected chi connectivity index (χ1v) is 5.36. The molecule has 1 fully saturated rings. The molecule has 0 aromatic heterocycles. The van der Waals surface area contributed by atoms with Gasteiger partial charge in [0.25, 0.3) is 0 Å². The van der Waals surface area contributed by atoms with Crippen LogP contribution < -0.4 is 0 Å². The van der Waals surface area contributed by atoms with Crippen LogP contribution in [0, 0.1) is 6.92 Å². The van der Waals surface area contributed by atoms with Gasteiger partial charge in [0, 0.05) is 5.41 Å². The Bertz CT molecular complexity index is 287. The van der Waals surface area contributed by atoms with E-state index in [9.17, 15) is 0 Å². The third-order valence-corrected chi connectivity index (χ3v) is 2.56. The van der Waals surface area contributed by atoms with Gasteiger partial charge in [-0.2, -0.15) is 0 Å². The monoisotopic (exact) mass is 192 g/mol. The maximum Gasteiger partial charge on any atom is 0.0582 e. The second-order valence-corrected chi connectivity index (χ2v) is 3.92. The first-order valence-electron chi connectivity index (χ1n) is 5.36. The lowest BCUT2D eigenvalue weighted by Gasteiger charge is -2.38. The molecule has 0 bridgehead atoms. The predicted molar refractivity (Wildman–Crippen MR) is 60.7 cm³/mol. The zero-order valence-corrected chi connectivity index (χ0v) is 9.63. The van der Waals surface area contributed by atoms with Crippen molar-refractivity contribution >= 4 is 0 Å². The highest BCUT2D eigenvalue weighted by Gasteiger charge is 2.34. The molecule has 1 aliphatic rings. The van der Waals surface area contributed by atoms with Gasteiger partial charge in [-0.3, -0.25) is 0 Å². The minimum Gasteiger partial charge on any atom is -0.379 e. The summed E-state index contributed by atoms with van der Waals surface area (Å²) >= 11 is 0. The first-order chi connectivity index (χ1) is 6.71. The number of benzene rings is 1. The van der Waals surface area contributed by atoms with Gasteiger partial charge < -0.3 is 4.74 Å². The summed E-state index contributed by atoms with van der Waals surface area (Å²) in [4.78, 5) is 0. The maximum atomic E-state index is 5.23. The van der Waals surface area contributed by atoms with E-state index in [1.165, 1.54) is 11.1 Å². The summed E-state index contributed by atoms with van der Waals surface area (Å²) in [5.74, 6) is 0. The molecule has 0 saturated carbocycles. The molecule has 0 radical (unpaired) electrons. The lowest BCUT2D eigenvalue weighted by molar-refractivity contribution is -0.0500. The van der Waals surface area contributed by atoms with Gasteiger partial charge in [0.2, 0.25) is 0 Å². The second-order valence-electron chi connectivity index (χ2n) is 3.92. The van der Waals surface area contributed by atoms with Gasteiger partial charge in [0.1, 0.15) is 0 Å². The fourth-order valence-electron chi connectivity index (χ4n) is 1.60. The standard InChI is InChI=1S/C11H14O.C2H6/c1-9-4-3-5-10(6-9)11(2)7-12-8-11;1-2/h3-6H,7-8H2,1-2H3;1-2H3. The minimum absolute atomic E-state index is 0.284. The van der Waals surface area contributed by atoms with E-state index in [2.05, 4.69) is 38.1 Å². The highest BCUT2D eigenvalue weighted by atomic mass is 16.5. The van der Waals surface area contributed by atoms with Gasteiger partial charge in [0.15, 0.2) is 0 Å². The third kappa shape index (κ3) is 2.16. The summed E-state index contributed by atoms with van der Waals surface area (Å²) in [6, 6.07) is 8.69. The van der Waals surface area contributed by atoms with E-state index in [-0.39, 0.29) is 5.41 Å². The van der Waals surface area contributed by atoms with Crippen molar-refractivity contribution in [1.82, 2.24) is 0 Å². The van der Waals surface area contributed by atoms with Crippen LogP contribution in [0.15, 0.2) is 24.3 Å². The van der Waals surface area contributed by atoms with Crippen LogP contribution in [-0.2, 0) is 10.2 Å². The van der Waals surface area contributed by atoms with Crippen LogP contribution in [0.1, 0.15) is 31.9 Å². The van der Waals surface area contributed by atoms with Gasteiger partial charge >= 0.3 is 0 Å². The van der Waals surface area contributed by atoms with E-state index < -0.39 is 0 Å². The van der Waals surface area contributed by atoms with E-state index in [0.717, 1.165) is 13.2 Å². The molecule has 0 N–H and O–H groups in total.